The van der Waals surface area contributed by atoms with Gasteiger partial charge in [-0.2, -0.15) is 0 Å². The van der Waals surface area contributed by atoms with Crippen molar-refractivity contribution >= 4 is 0 Å². The van der Waals surface area contributed by atoms with E-state index in [0.29, 0.717) is 12.2 Å². The Hall–Kier alpha value is -0.0800. The topological polar surface area (TPSA) is 18.5 Å². The molecule has 1 aliphatic rings. The summed E-state index contributed by atoms with van der Waals surface area (Å²) in [6.07, 6.45) is 4.33. The van der Waals surface area contributed by atoms with E-state index in [1.807, 2.05) is 0 Å². The van der Waals surface area contributed by atoms with Crippen molar-refractivity contribution in [2.75, 3.05) is 13.7 Å². The fourth-order valence-electron chi connectivity index (χ4n) is 2.04. The van der Waals surface area contributed by atoms with Crippen molar-refractivity contribution < 1.29 is 9.47 Å². The van der Waals surface area contributed by atoms with Crippen LogP contribution in [-0.2, 0) is 9.47 Å². The predicted molar refractivity (Wildman–Crippen MR) is 49.2 cm³/mol. The van der Waals surface area contributed by atoms with Gasteiger partial charge >= 0.3 is 0 Å². The lowest BCUT2D eigenvalue weighted by atomic mass is 9.86. The third-order valence-electron chi connectivity index (χ3n) is 2.59. The summed E-state index contributed by atoms with van der Waals surface area (Å²) in [5.41, 5.74) is 0. The summed E-state index contributed by atoms with van der Waals surface area (Å²) < 4.78 is 11.0. The molecule has 3 atom stereocenters. The van der Waals surface area contributed by atoms with Gasteiger partial charge in [0.05, 0.1) is 12.2 Å². The molecule has 1 rings (SSSR count). The van der Waals surface area contributed by atoms with Gasteiger partial charge in [0.25, 0.3) is 0 Å². The average molecular weight is 172 g/mol. The molecule has 0 aromatic heterocycles. The highest BCUT2D eigenvalue weighted by Gasteiger charge is 2.26. The maximum Gasteiger partial charge on any atom is 0.0602 e. The quantitative estimate of drug-likeness (QED) is 0.650. The van der Waals surface area contributed by atoms with Crippen molar-refractivity contribution in [3.8, 4) is 0 Å². The molecule has 0 bridgehead atoms. The Balaban J connectivity index is 2.34. The largest absolute Gasteiger partial charge is 0.381 e. The molecule has 12 heavy (non-hydrogen) atoms. The second kappa shape index (κ2) is 4.83. The Bertz CT molecular complexity index is 125. The van der Waals surface area contributed by atoms with Crippen LogP contribution in [0.3, 0.4) is 0 Å². The number of rotatable bonds is 3. The lowest BCUT2D eigenvalue weighted by Crippen LogP contribution is -2.31. The van der Waals surface area contributed by atoms with E-state index in [2.05, 4.69) is 13.8 Å². The summed E-state index contributed by atoms with van der Waals surface area (Å²) >= 11 is 0. The number of hydrogen-bond donors (Lipinski definition) is 0. The lowest BCUT2D eigenvalue weighted by Gasteiger charge is -2.32. The van der Waals surface area contributed by atoms with Gasteiger partial charge in [0.1, 0.15) is 0 Å². The maximum atomic E-state index is 5.61. The number of methoxy groups -OCH3 is 1. The maximum absolute atomic E-state index is 5.61. The zero-order chi connectivity index (χ0) is 8.97. The first kappa shape index (κ1) is 10.0. The molecule has 0 saturated heterocycles. The highest BCUT2D eigenvalue weighted by atomic mass is 16.5. The Morgan fingerprint density at radius 3 is 2.42 bits per heavy atom. The molecule has 2 heteroatoms. The van der Waals surface area contributed by atoms with E-state index in [-0.39, 0.29) is 0 Å². The molecule has 0 unspecified atom stereocenters. The molecule has 0 aliphatic heterocycles. The molecule has 0 aromatic carbocycles. The van der Waals surface area contributed by atoms with Crippen LogP contribution in [0.1, 0.15) is 33.1 Å². The minimum atomic E-state index is 0.422. The van der Waals surface area contributed by atoms with Gasteiger partial charge in [0.2, 0.25) is 0 Å². The van der Waals surface area contributed by atoms with Gasteiger partial charge in [0, 0.05) is 13.7 Å². The molecule has 0 radical (unpaired) electrons. The smallest absolute Gasteiger partial charge is 0.0602 e. The second-order valence-electron chi connectivity index (χ2n) is 3.75. The first-order valence-corrected chi connectivity index (χ1v) is 4.90. The SMILES string of the molecule is CCO[C@@H]1C[C@@H](C)C[C@H](OC)C1. The van der Waals surface area contributed by atoms with Gasteiger partial charge in [0.15, 0.2) is 0 Å². The van der Waals surface area contributed by atoms with Crippen molar-refractivity contribution in [1.82, 2.24) is 0 Å². The summed E-state index contributed by atoms with van der Waals surface area (Å²) in [4.78, 5) is 0. The molecule has 72 valence electrons. The fourth-order valence-corrected chi connectivity index (χ4v) is 2.04. The van der Waals surface area contributed by atoms with Crippen LogP contribution in [0.25, 0.3) is 0 Å². The van der Waals surface area contributed by atoms with Gasteiger partial charge in [-0.25, -0.2) is 0 Å². The molecule has 0 spiro atoms. The first-order valence-electron chi connectivity index (χ1n) is 4.90. The van der Waals surface area contributed by atoms with Crippen LogP contribution < -0.4 is 0 Å². The Morgan fingerprint density at radius 2 is 1.83 bits per heavy atom. The van der Waals surface area contributed by atoms with E-state index in [0.717, 1.165) is 18.9 Å². The highest BCUT2D eigenvalue weighted by molar-refractivity contribution is 4.77. The number of ether oxygens (including phenoxy) is 2. The number of hydrogen-bond acceptors (Lipinski definition) is 2. The fraction of sp³-hybridized carbons (Fsp3) is 1.00. The molecule has 0 N–H and O–H groups in total. The van der Waals surface area contributed by atoms with Crippen molar-refractivity contribution in [2.45, 2.75) is 45.3 Å². The van der Waals surface area contributed by atoms with Crippen LogP contribution in [-0.4, -0.2) is 25.9 Å². The Morgan fingerprint density at radius 1 is 1.17 bits per heavy atom. The van der Waals surface area contributed by atoms with Gasteiger partial charge in [-0.15, -0.1) is 0 Å². The normalized spacial score (nSPS) is 36.8. The minimum absolute atomic E-state index is 0.422. The van der Waals surface area contributed by atoms with Crippen LogP contribution in [0.2, 0.25) is 0 Å². The summed E-state index contributed by atoms with van der Waals surface area (Å²) in [7, 11) is 1.80. The third kappa shape index (κ3) is 2.76. The molecule has 1 fully saturated rings. The van der Waals surface area contributed by atoms with E-state index in [9.17, 15) is 0 Å². The summed E-state index contributed by atoms with van der Waals surface area (Å²) in [6, 6.07) is 0. The average Bonchev–Trinajstić information content (AvgIpc) is 2.04. The van der Waals surface area contributed by atoms with E-state index in [1.54, 1.807) is 7.11 Å². The molecule has 0 heterocycles. The first-order chi connectivity index (χ1) is 5.76. The van der Waals surface area contributed by atoms with Crippen LogP contribution in [0.5, 0.6) is 0 Å². The monoisotopic (exact) mass is 172 g/mol. The van der Waals surface area contributed by atoms with Crippen molar-refractivity contribution in [3.63, 3.8) is 0 Å². The van der Waals surface area contributed by atoms with Crippen LogP contribution in [0.15, 0.2) is 0 Å². The predicted octanol–water partition coefficient (Wildman–Crippen LogP) is 2.23. The zero-order valence-corrected chi connectivity index (χ0v) is 8.38. The van der Waals surface area contributed by atoms with E-state index in [4.69, 9.17) is 9.47 Å². The molecule has 0 aromatic rings. The standard InChI is InChI=1S/C10H20O2/c1-4-12-10-6-8(2)5-9(7-10)11-3/h8-10H,4-7H2,1-3H3/t8-,9-,10+/m0/s1. The van der Waals surface area contributed by atoms with E-state index < -0.39 is 0 Å². The summed E-state index contributed by atoms with van der Waals surface area (Å²) in [6.45, 7) is 5.16. The second-order valence-corrected chi connectivity index (χ2v) is 3.75. The van der Waals surface area contributed by atoms with Crippen LogP contribution in [0.4, 0.5) is 0 Å². The highest BCUT2D eigenvalue weighted by Crippen LogP contribution is 2.27. The van der Waals surface area contributed by atoms with Gasteiger partial charge < -0.3 is 9.47 Å². The third-order valence-corrected chi connectivity index (χ3v) is 2.59. The zero-order valence-electron chi connectivity index (χ0n) is 8.38. The summed E-state index contributed by atoms with van der Waals surface area (Å²) in [5, 5.41) is 0. The lowest BCUT2D eigenvalue weighted by molar-refractivity contribution is -0.0408. The molecule has 2 nitrogen and oxygen atoms in total. The van der Waals surface area contributed by atoms with Gasteiger partial charge in [-0.3, -0.25) is 0 Å². The van der Waals surface area contributed by atoms with E-state index in [1.165, 1.54) is 12.8 Å². The molecule has 1 aliphatic carbocycles. The van der Waals surface area contributed by atoms with Crippen molar-refractivity contribution in [2.24, 2.45) is 5.92 Å². The van der Waals surface area contributed by atoms with Gasteiger partial charge in [-0.05, 0) is 32.1 Å². The summed E-state index contributed by atoms with van der Waals surface area (Å²) in [5.74, 6) is 0.750. The van der Waals surface area contributed by atoms with Crippen molar-refractivity contribution in [3.05, 3.63) is 0 Å². The molecule has 1 saturated carbocycles. The Kier molecular flexibility index (Phi) is 4.02. The molecular formula is C10H20O2. The van der Waals surface area contributed by atoms with Crippen molar-refractivity contribution in [1.29, 1.82) is 0 Å². The van der Waals surface area contributed by atoms with Crippen LogP contribution in [0, 0.1) is 5.92 Å². The van der Waals surface area contributed by atoms with Crippen LogP contribution >= 0.6 is 0 Å². The van der Waals surface area contributed by atoms with Gasteiger partial charge in [-0.1, -0.05) is 6.92 Å². The Labute approximate surface area is 75.2 Å². The molecule has 0 amide bonds. The molecular weight excluding hydrogens is 152 g/mol. The van der Waals surface area contributed by atoms with E-state index >= 15 is 0 Å². The minimum Gasteiger partial charge on any atom is -0.381 e.